The zero-order valence-corrected chi connectivity index (χ0v) is 12.8. The molecular formula is C14H18N4O2S. The highest BCUT2D eigenvalue weighted by Gasteiger charge is 2.27. The molecule has 1 aromatic carbocycles. The number of benzene rings is 1. The third-order valence-electron chi connectivity index (χ3n) is 3.75. The van der Waals surface area contributed by atoms with Crippen LogP contribution in [0.15, 0.2) is 30.6 Å². The number of fused-ring (bicyclic) bond motifs is 1. The standard InChI is InChI=1S/C14H18N4O2S/c1-10(17-21(2,19)20)14-15-9-16-18(14)13-7-11-5-3-4-6-12(11)8-13/h3-6,9-10,13,17H,7-8H2,1-2H3/t10-/m1/s1. The van der Waals surface area contributed by atoms with Crippen molar-refractivity contribution in [2.45, 2.75) is 31.8 Å². The number of rotatable bonds is 4. The summed E-state index contributed by atoms with van der Waals surface area (Å²) in [5.74, 6) is 0.651. The second kappa shape index (κ2) is 5.23. The Morgan fingerprint density at radius 1 is 1.29 bits per heavy atom. The number of hydrogen-bond acceptors (Lipinski definition) is 4. The molecule has 0 saturated heterocycles. The van der Waals surface area contributed by atoms with Gasteiger partial charge in [0.25, 0.3) is 0 Å². The van der Waals surface area contributed by atoms with Crippen LogP contribution < -0.4 is 4.72 Å². The van der Waals surface area contributed by atoms with Crippen LogP contribution in [-0.4, -0.2) is 29.4 Å². The quantitative estimate of drug-likeness (QED) is 0.921. The zero-order chi connectivity index (χ0) is 15.0. The molecule has 1 aliphatic carbocycles. The molecule has 0 fully saturated rings. The number of nitrogens with zero attached hydrogens (tertiary/aromatic N) is 3. The summed E-state index contributed by atoms with van der Waals surface area (Å²) in [4.78, 5) is 4.23. The molecule has 112 valence electrons. The van der Waals surface area contributed by atoms with Crippen LogP contribution in [0.5, 0.6) is 0 Å². The maximum absolute atomic E-state index is 11.4. The van der Waals surface area contributed by atoms with Crippen molar-refractivity contribution in [2.75, 3.05) is 6.26 Å². The van der Waals surface area contributed by atoms with Crippen molar-refractivity contribution < 1.29 is 8.42 Å². The summed E-state index contributed by atoms with van der Waals surface area (Å²) in [6, 6.07) is 8.14. The van der Waals surface area contributed by atoms with Gasteiger partial charge in [0, 0.05) is 0 Å². The molecule has 0 saturated carbocycles. The van der Waals surface area contributed by atoms with Crippen molar-refractivity contribution >= 4 is 10.0 Å². The van der Waals surface area contributed by atoms with E-state index in [1.165, 1.54) is 17.5 Å². The predicted octanol–water partition coefficient (Wildman–Crippen LogP) is 1.23. The van der Waals surface area contributed by atoms with E-state index in [2.05, 4.69) is 26.9 Å². The van der Waals surface area contributed by atoms with E-state index >= 15 is 0 Å². The first-order valence-corrected chi connectivity index (χ1v) is 8.76. The van der Waals surface area contributed by atoms with Crippen molar-refractivity contribution in [3.8, 4) is 0 Å². The third kappa shape index (κ3) is 2.98. The van der Waals surface area contributed by atoms with Crippen LogP contribution in [0.4, 0.5) is 0 Å². The van der Waals surface area contributed by atoms with Crippen LogP contribution in [0.2, 0.25) is 0 Å². The molecule has 0 unspecified atom stereocenters. The van der Waals surface area contributed by atoms with Crippen molar-refractivity contribution in [1.82, 2.24) is 19.5 Å². The Morgan fingerprint density at radius 2 is 1.90 bits per heavy atom. The molecule has 7 heteroatoms. The van der Waals surface area contributed by atoms with E-state index < -0.39 is 16.1 Å². The van der Waals surface area contributed by atoms with E-state index in [1.807, 2.05) is 16.8 Å². The molecular weight excluding hydrogens is 288 g/mol. The van der Waals surface area contributed by atoms with Crippen LogP contribution in [0, 0.1) is 0 Å². The van der Waals surface area contributed by atoms with E-state index in [0.717, 1.165) is 19.1 Å². The van der Waals surface area contributed by atoms with E-state index in [0.29, 0.717) is 5.82 Å². The Labute approximate surface area is 124 Å². The Hall–Kier alpha value is -1.73. The lowest BCUT2D eigenvalue weighted by Crippen LogP contribution is -2.29. The third-order valence-corrected chi connectivity index (χ3v) is 4.54. The minimum atomic E-state index is -3.27. The lowest BCUT2D eigenvalue weighted by Gasteiger charge is -2.17. The lowest BCUT2D eigenvalue weighted by atomic mass is 10.1. The molecule has 1 atom stereocenters. The van der Waals surface area contributed by atoms with Crippen LogP contribution in [0.1, 0.15) is 36.0 Å². The van der Waals surface area contributed by atoms with E-state index in [-0.39, 0.29) is 6.04 Å². The van der Waals surface area contributed by atoms with Crippen molar-refractivity contribution in [3.05, 3.63) is 47.5 Å². The number of sulfonamides is 1. The maximum atomic E-state index is 11.4. The van der Waals surface area contributed by atoms with Crippen molar-refractivity contribution in [3.63, 3.8) is 0 Å². The molecule has 6 nitrogen and oxygen atoms in total. The van der Waals surface area contributed by atoms with E-state index in [9.17, 15) is 8.42 Å². The van der Waals surface area contributed by atoms with Gasteiger partial charge in [-0.25, -0.2) is 22.8 Å². The highest BCUT2D eigenvalue weighted by molar-refractivity contribution is 7.88. The average molecular weight is 306 g/mol. The van der Waals surface area contributed by atoms with Gasteiger partial charge in [-0.15, -0.1) is 0 Å². The molecule has 1 aromatic heterocycles. The number of aromatic nitrogens is 3. The molecule has 2 aromatic rings. The maximum Gasteiger partial charge on any atom is 0.209 e. The topological polar surface area (TPSA) is 76.9 Å². The fourth-order valence-corrected chi connectivity index (χ4v) is 3.68. The van der Waals surface area contributed by atoms with Gasteiger partial charge in [-0.3, -0.25) is 0 Å². The summed E-state index contributed by atoms with van der Waals surface area (Å²) in [6.07, 6.45) is 4.44. The average Bonchev–Trinajstić information content (AvgIpc) is 3.02. The minimum absolute atomic E-state index is 0.198. The van der Waals surface area contributed by atoms with Gasteiger partial charge in [0.2, 0.25) is 10.0 Å². The first-order valence-electron chi connectivity index (χ1n) is 6.87. The molecule has 0 bridgehead atoms. The summed E-state index contributed by atoms with van der Waals surface area (Å²) in [5.41, 5.74) is 2.65. The fourth-order valence-electron chi connectivity index (χ4n) is 2.93. The first-order chi connectivity index (χ1) is 9.94. The molecule has 21 heavy (non-hydrogen) atoms. The number of hydrogen-bond donors (Lipinski definition) is 1. The molecule has 0 radical (unpaired) electrons. The summed E-state index contributed by atoms with van der Waals surface area (Å²) < 4.78 is 27.2. The van der Waals surface area contributed by atoms with E-state index in [1.54, 1.807) is 6.92 Å². The zero-order valence-electron chi connectivity index (χ0n) is 12.0. The van der Waals surface area contributed by atoms with Crippen LogP contribution in [-0.2, 0) is 22.9 Å². The van der Waals surface area contributed by atoms with Gasteiger partial charge >= 0.3 is 0 Å². The largest absolute Gasteiger partial charge is 0.245 e. The molecule has 0 spiro atoms. The Morgan fingerprint density at radius 3 is 2.48 bits per heavy atom. The van der Waals surface area contributed by atoms with E-state index in [4.69, 9.17) is 0 Å². The van der Waals surface area contributed by atoms with Crippen molar-refractivity contribution in [1.29, 1.82) is 0 Å². The molecule has 1 aliphatic rings. The predicted molar refractivity (Wildman–Crippen MR) is 79.3 cm³/mol. The second-order valence-electron chi connectivity index (χ2n) is 5.51. The minimum Gasteiger partial charge on any atom is -0.245 e. The van der Waals surface area contributed by atoms with Crippen LogP contribution >= 0.6 is 0 Å². The molecule has 3 rings (SSSR count). The smallest absolute Gasteiger partial charge is 0.209 e. The van der Waals surface area contributed by atoms with Crippen LogP contribution in [0.3, 0.4) is 0 Å². The van der Waals surface area contributed by atoms with Gasteiger partial charge in [-0.1, -0.05) is 24.3 Å². The van der Waals surface area contributed by atoms with Gasteiger partial charge in [-0.2, -0.15) is 5.10 Å². The number of nitrogens with one attached hydrogen (secondary N) is 1. The highest BCUT2D eigenvalue weighted by Crippen LogP contribution is 2.30. The Bertz CT molecular complexity index is 729. The highest BCUT2D eigenvalue weighted by atomic mass is 32.2. The van der Waals surface area contributed by atoms with Gasteiger partial charge in [0.1, 0.15) is 12.2 Å². The van der Waals surface area contributed by atoms with Crippen LogP contribution in [0.25, 0.3) is 0 Å². The lowest BCUT2D eigenvalue weighted by molar-refractivity contribution is 0.435. The molecule has 0 amide bonds. The van der Waals surface area contributed by atoms with Gasteiger partial charge in [-0.05, 0) is 30.9 Å². The summed E-state index contributed by atoms with van der Waals surface area (Å²) in [5, 5.41) is 4.30. The first kappa shape index (κ1) is 14.2. The Kier molecular flexibility index (Phi) is 3.54. The normalized spacial score (nSPS) is 16.9. The monoisotopic (exact) mass is 306 g/mol. The SMILES string of the molecule is C[C@@H](NS(C)(=O)=O)c1ncnn1C1Cc2ccccc2C1. The fraction of sp³-hybridized carbons (Fsp3) is 0.429. The van der Waals surface area contributed by atoms with Gasteiger partial charge < -0.3 is 0 Å². The molecule has 1 N–H and O–H groups in total. The van der Waals surface area contributed by atoms with Crippen molar-refractivity contribution in [2.24, 2.45) is 0 Å². The Balaban J connectivity index is 1.84. The molecule has 0 aliphatic heterocycles. The van der Waals surface area contributed by atoms with Gasteiger partial charge in [0.15, 0.2) is 0 Å². The summed E-state index contributed by atoms with van der Waals surface area (Å²) >= 11 is 0. The summed E-state index contributed by atoms with van der Waals surface area (Å²) in [7, 11) is -3.27. The summed E-state index contributed by atoms with van der Waals surface area (Å²) in [6.45, 7) is 1.78. The molecule has 1 heterocycles. The second-order valence-corrected chi connectivity index (χ2v) is 7.29. The van der Waals surface area contributed by atoms with Gasteiger partial charge in [0.05, 0.1) is 18.3 Å².